The van der Waals surface area contributed by atoms with Crippen molar-refractivity contribution in [1.82, 2.24) is 4.57 Å². The van der Waals surface area contributed by atoms with Crippen LogP contribution in [0.1, 0.15) is 15.9 Å². The second-order valence-corrected chi connectivity index (χ2v) is 7.98. The number of nitrogens with zero attached hydrogens (tertiary/aromatic N) is 2. The van der Waals surface area contributed by atoms with Crippen molar-refractivity contribution in [2.75, 3.05) is 18.8 Å². The number of amides is 1. The van der Waals surface area contributed by atoms with Gasteiger partial charge in [-0.25, -0.2) is 0 Å². The first-order chi connectivity index (χ1) is 12.7. The van der Waals surface area contributed by atoms with Gasteiger partial charge in [0.1, 0.15) is 0 Å². The number of fused-ring (bicyclic) bond motifs is 2. The fourth-order valence-electron chi connectivity index (χ4n) is 2.87. The van der Waals surface area contributed by atoms with E-state index in [4.69, 9.17) is 9.47 Å². The minimum Gasteiger partial charge on any atom is -0.454 e. The number of hydrogen-bond acceptors (Lipinski definition) is 5. The molecule has 3 aromatic rings. The molecule has 0 saturated carbocycles. The highest BCUT2D eigenvalue weighted by molar-refractivity contribution is 7.98. The zero-order valence-electron chi connectivity index (χ0n) is 14.5. The molecule has 1 aliphatic rings. The number of aryl methyl sites for hydroxylation is 2. The number of thioether (sulfide) groups is 1. The molecule has 0 N–H and O–H groups in total. The Morgan fingerprint density at radius 1 is 1.27 bits per heavy atom. The van der Waals surface area contributed by atoms with Crippen molar-refractivity contribution in [3.8, 4) is 11.5 Å². The minimum atomic E-state index is -0.224. The third kappa shape index (κ3) is 3.24. The molecule has 2 heterocycles. The fraction of sp³-hybridized carbons (Fsp3) is 0.263. The van der Waals surface area contributed by atoms with E-state index in [1.54, 1.807) is 17.8 Å². The topological polar surface area (TPSA) is 52.8 Å². The Kier molecular flexibility index (Phi) is 4.74. The molecule has 0 saturated heterocycles. The monoisotopic (exact) mass is 386 g/mol. The predicted molar refractivity (Wildman–Crippen MR) is 105 cm³/mol. The smallest absolute Gasteiger partial charge is 0.279 e. The van der Waals surface area contributed by atoms with E-state index < -0.39 is 0 Å². The van der Waals surface area contributed by atoms with Gasteiger partial charge in [-0.3, -0.25) is 4.79 Å². The van der Waals surface area contributed by atoms with Gasteiger partial charge in [0.05, 0.1) is 10.2 Å². The zero-order chi connectivity index (χ0) is 18.1. The molecule has 4 rings (SSSR count). The van der Waals surface area contributed by atoms with Crippen LogP contribution in [-0.2, 0) is 6.54 Å². The Balaban J connectivity index is 1.84. The molecule has 7 heteroatoms. The van der Waals surface area contributed by atoms with Crippen LogP contribution in [0, 0.1) is 6.92 Å². The van der Waals surface area contributed by atoms with E-state index in [0.717, 1.165) is 39.6 Å². The molecule has 0 unspecified atom stereocenters. The molecule has 0 atom stereocenters. The highest BCUT2D eigenvalue weighted by Gasteiger charge is 2.18. The van der Waals surface area contributed by atoms with Crippen LogP contribution in [0.25, 0.3) is 10.2 Å². The van der Waals surface area contributed by atoms with Crippen LogP contribution in [-0.4, -0.2) is 29.3 Å². The van der Waals surface area contributed by atoms with Gasteiger partial charge in [-0.2, -0.15) is 16.8 Å². The van der Waals surface area contributed by atoms with Gasteiger partial charge in [0.25, 0.3) is 5.91 Å². The van der Waals surface area contributed by atoms with Crippen LogP contribution in [0.3, 0.4) is 0 Å². The van der Waals surface area contributed by atoms with E-state index in [2.05, 4.69) is 15.8 Å². The van der Waals surface area contributed by atoms with Crippen molar-refractivity contribution in [2.45, 2.75) is 13.5 Å². The lowest BCUT2D eigenvalue weighted by atomic mass is 10.1. The molecule has 134 valence electrons. The maximum Gasteiger partial charge on any atom is 0.279 e. The molecule has 1 aromatic heterocycles. The van der Waals surface area contributed by atoms with E-state index in [0.29, 0.717) is 10.4 Å². The first-order valence-electron chi connectivity index (χ1n) is 8.23. The molecule has 1 amide bonds. The normalized spacial score (nSPS) is 13.5. The Bertz CT molecular complexity index is 1050. The maximum atomic E-state index is 12.6. The quantitative estimate of drug-likeness (QED) is 0.684. The average molecular weight is 386 g/mol. The van der Waals surface area contributed by atoms with Gasteiger partial charge in [-0.05, 0) is 25.3 Å². The summed E-state index contributed by atoms with van der Waals surface area (Å²) in [5, 5.41) is 0. The standard InChI is InChI=1S/C19H18N2O3S2/c1-12-4-3-5-13(8-12)18(22)20-19-21(6-7-25-2)14-9-15-16(24-11-23-15)10-17(14)26-19/h3-5,8-10H,6-7,11H2,1-2H3. The van der Waals surface area contributed by atoms with Crippen LogP contribution >= 0.6 is 23.1 Å². The molecular formula is C19H18N2O3S2. The summed E-state index contributed by atoms with van der Waals surface area (Å²) in [6.45, 7) is 3.00. The predicted octanol–water partition coefficient (Wildman–Crippen LogP) is 3.84. The van der Waals surface area contributed by atoms with Crippen LogP contribution in [0.4, 0.5) is 0 Å². The molecule has 0 fully saturated rings. The molecule has 0 bridgehead atoms. The lowest BCUT2D eigenvalue weighted by Crippen LogP contribution is -2.18. The third-order valence-corrected chi connectivity index (χ3v) is 5.79. The highest BCUT2D eigenvalue weighted by Crippen LogP contribution is 2.37. The van der Waals surface area contributed by atoms with Crippen molar-refractivity contribution in [2.24, 2.45) is 4.99 Å². The van der Waals surface area contributed by atoms with Crippen molar-refractivity contribution >= 4 is 39.2 Å². The summed E-state index contributed by atoms with van der Waals surface area (Å²) in [5.41, 5.74) is 2.67. The van der Waals surface area contributed by atoms with Gasteiger partial charge < -0.3 is 14.0 Å². The number of aromatic nitrogens is 1. The van der Waals surface area contributed by atoms with E-state index in [-0.39, 0.29) is 12.7 Å². The van der Waals surface area contributed by atoms with Gasteiger partial charge in [-0.1, -0.05) is 29.0 Å². The summed E-state index contributed by atoms with van der Waals surface area (Å²) in [7, 11) is 0. The number of hydrogen-bond donors (Lipinski definition) is 0. The number of carbonyl (C=O) groups excluding carboxylic acids is 1. The molecule has 1 aliphatic heterocycles. The Morgan fingerprint density at radius 3 is 2.85 bits per heavy atom. The maximum absolute atomic E-state index is 12.6. The van der Waals surface area contributed by atoms with Crippen LogP contribution in [0.15, 0.2) is 41.4 Å². The molecular weight excluding hydrogens is 368 g/mol. The Hall–Kier alpha value is -2.25. The number of carbonyl (C=O) groups is 1. The van der Waals surface area contributed by atoms with Crippen molar-refractivity contribution in [1.29, 1.82) is 0 Å². The summed E-state index contributed by atoms with van der Waals surface area (Å²) < 4.78 is 14.1. The van der Waals surface area contributed by atoms with Gasteiger partial charge in [-0.15, -0.1) is 0 Å². The van der Waals surface area contributed by atoms with Crippen molar-refractivity contribution < 1.29 is 14.3 Å². The van der Waals surface area contributed by atoms with Gasteiger partial charge in [0, 0.05) is 30.0 Å². The highest BCUT2D eigenvalue weighted by atomic mass is 32.2. The van der Waals surface area contributed by atoms with Crippen molar-refractivity contribution in [3.63, 3.8) is 0 Å². The van der Waals surface area contributed by atoms with E-state index in [9.17, 15) is 4.79 Å². The van der Waals surface area contributed by atoms with Crippen molar-refractivity contribution in [3.05, 3.63) is 52.3 Å². The third-order valence-electron chi connectivity index (χ3n) is 4.16. The van der Waals surface area contributed by atoms with Gasteiger partial charge in [0.15, 0.2) is 16.3 Å². The summed E-state index contributed by atoms with van der Waals surface area (Å²) in [4.78, 5) is 17.8. The second kappa shape index (κ2) is 7.17. The van der Waals surface area contributed by atoms with Crippen LogP contribution < -0.4 is 14.3 Å². The summed E-state index contributed by atoms with van der Waals surface area (Å²) in [6, 6.07) is 11.5. The molecule has 0 spiro atoms. The van der Waals surface area contributed by atoms with E-state index in [1.165, 1.54) is 11.3 Å². The molecule has 26 heavy (non-hydrogen) atoms. The molecule has 0 aliphatic carbocycles. The first-order valence-corrected chi connectivity index (χ1v) is 10.4. The number of benzene rings is 2. The van der Waals surface area contributed by atoms with Crippen LogP contribution in [0.5, 0.6) is 11.5 Å². The molecule has 0 radical (unpaired) electrons. The first kappa shape index (κ1) is 17.2. The Morgan fingerprint density at radius 2 is 2.08 bits per heavy atom. The summed E-state index contributed by atoms with van der Waals surface area (Å²) >= 11 is 3.26. The summed E-state index contributed by atoms with van der Waals surface area (Å²) in [5.74, 6) is 2.20. The molecule has 2 aromatic carbocycles. The largest absolute Gasteiger partial charge is 0.454 e. The van der Waals surface area contributed by atoms with Crippen LogP contribution in [0.2, 0.25) is 0 Å². The van der Waals surface area contributed by atoms with Gasteiger partial charge in [0.2, 0.25) is 6.79 Å². The lowest BCUT2D eigenvalue weighted by molar-refractivity contribution is 0.0997. The number of rotatable bonds is 4. The number of thiazole rings is 1. The average Bonchev–Trinajstić information content (AvgIpc) is 3.21. The Labute approximate surface area is 159 Å². The van der Waals surface area contributed by atoms with Gasteiger partial charge >= 0.3 is 0 Å². The van der Waals surface area contributed by atoms with E-state index >= 15 is 0 Å². The number of ether oxygens (including phenoxy) is 2. The SMILES string of the molecule is CSCCn1c(=NC(=O)c2cccc(C)c2)sc2cc3c(cc21)OCO3. The second-order valence-electron chi connectivity index (χ2n) is 5.99. The molecule has 5 nitrogen and oxygen atoms in total. The lowest BCUT2D eigenvalue weighted by Gasteiger charge is -2.04. The minimum absolute atomic E-state index is 0.224. The van der Waals surface area contributed by atoms with E-state index in [1.807, 2.05) is 37.3 Å². The zero-order valence-corrected chi connectivity index (χ0v) is 16.2. The summed E-state index contributed by atoms with van der Waals surface area (Å²) in [6.07, 6.45) is 2.07. The fourth-order valence-corrected chi connectivity index (χ4v) is 4.30.